The average molecular weight is 234 g/mol. The molecular formula is C13H18N2O2. The van der Waals surface area contributed by atoms with Crippen LogP contribution in [-0.4, -0.2) is 43.2 Å². The van der Waals surface area contributed by atoms with Crippen molar-refractivity contribution in [2.75, 3.05) is 20.2 Å². The van der Waals surface area contributed by atoms with Crippen molar-refractivity contribution in [2.24, 2.45) is 5.73 Å². The standard InChI is InChI=1S/C8H8O2.C5H10N2/c1-10-8(9)7-5-3-2-4-6-7;6-4-3-7-2-1-5(4)7/h2-6H,1H3;4-5H,1-3,6H2. The van der Waals surface area contributed by atoms with Crippen LogP contribution in [0.25, 0.3) is 0 Å². The second-order valence-corrected chi connectivity index (χ2v) is 4.37. The maximum absolute atomic E-state index is 10.8. The highest BCUT2D eigenvalue weighted by Gasteiger charge is 2.42. The molecule has 0 aliphatic carbocycles. The number of piperidine rings is 1. The summed E-state index contributed by atoms with van der Waals surface area (Å²) in [6, 6.07) is 10.2. The molecule has 2 atom stereocenters. The van der Waals surface area contributed by atoms with Gasteiger partial charge in [0.1, 0.15) is 0 Å². The first-order valence-electron chi connectivity index (χ1n) is 5.85. The van der Waals surface area contributed by atoms with E-state index in [2.05, 4.69) is 9.64 Å². The molecule has 2 saturated heterocycles. The average Bonchev–Trinajstić information content (AvgIpc) is 2.36. The van der Waals surface area contributed by atoms with Crippen molar-refractivity contribution in [3.8, 4) is 0 Å². The molecular weight excluding hydrogens is 216 g/mol. The van der Waals surface area contributed by atoms with Crippen LogP contribution in [0.2, 0.25) is 0 Å². The number of methoxy groups -OCH3 is 1. The van der Waals surface area contributed by atoms with Gasteiger partial charge in [0.2, 0.25) is 0 Å². The van der Waals surface area contributed by atoms with Crippen LogP contribution in [0.4, 0.5) is 0 Å². The molecule has 0 amide bonds. The molecule has 17 heavy (non-hydrogen) atoms. The van der Waals surface area contributed by atoms with Crippen LogP contribution in [0.1, 0.15) is 16.8 Å². The van der Waals surface area contributed by atoms with Crippen LogP contribution >= 0.6 is 0 Å². The van der Waals surface area contributed by atoms with Gasteiger partial charge in [0.15, 0.2) is 0 Å². The largest absolute Gasteiger partial charge is 0.465 e. The van der Waals surface area contributed by atoms with Crippen molar-refractivity contribution in [3.05, 3.63) is 35.9 Å². The molecule has 2 fully saturated rings. The minimum atomic E-state index is -0.291. The summed E-state index contributed by atoms with van der Waals surface area (Å²) in [5.41, 5.74) is 6.21. The lowest BCUT2D eigenvalue weighted by atomic mass is 9.86. The monoisotopic (exact) mass is 234 g/mol. The number of fused-ring (bicyclic) bond motifs is 1. The van der Waals surface area contributed by atoms with Crippen LogP contribution in [0, 0.1) is 0 Å². The van der Waals surface area contributed by atoms with Crippen molar-refractivity contribution in [1.29, 1.82) is 0 Å². The third kappa shape index (κ3) is 2.65. The predicted molar refractivity (Wildman–Crippen MR) is 65.7 cm³/mol. The van der Waals surface area contributed by atoms with Crippen LogP contribution in [0.15, 0.2) is 30.3 Å². The Kier molecular flexibility index (Phi) is 3.76. The molecule has 2 aliphatic rings. The Morgan fingerprint density at radius 3 is 2.41 bits per heavy atom. The lowest BCUT2D eigenvalue weighted by Gasteiger charge is -2.54. The maximum Gasteiger partial charge on any atom is 0.337 e. The number of hydrogen-bond acceptors (Lipinski definition) is 4. The first kappa shape index (κ1) is 12.1. The molecule has 0 radical (unpaired) electrons. The van der Waals surface area contributed by atoms with Gasteiger partial charge in [-0.15, -0.1) is 0 Å². The number of carbonyl (C=O) groups excluding carboxylic acids is 1. The second kappa shape index (κ2) is 5.29. The number of benzene rings is 1. The molecule has 4 heteroatoms. The summed E-state index contributed by atoms with van der Waals surface area (Å²) in [4.78, 5) is 13.2. The lowest BCUT2D eigenvalue weighted by Crippen LogP contribution is -2.71. The van der Waals surface area contributed by atoms with Gasteiger partial charge in [0.25, 0.3) is 0 Å². The summed E-state index contributed by atoms with van der Waals surface area (Å²) in [6.07, 6.45) is 1.35. The maximum atomic E-state index is 10.8. The first-order valence-corrected chi connectivity index (χ1v) is 5.85. The highest BCUT2D eigenvalue weighted by molar-refractivity contribution is 5.89. The van der Waals surface area contributed by atoms with Crippen LogP contribution in [0.3, 0.4) is 0 Å². The van der Waals surface area contributed by atoms with E-state index in [1.165, 1.54) is 20.1 Å². The van der Waals surface area contributed by atoms with Crippen molar-refractivity contribution in [3.63, 3.8) is 0 Å². The molecule has 2 heterocycles. The van der Waals surface area contributed by atoms with Crippen LogP contribution < -0.4 is 5.73 Å². The summed E-state index contributed by atoms with van der Waals surface area (Å²) in [5, 5.41) is 0. The zero-order chi connectivity index (χ0) is 12.3. The first-order chi connectivity index (χ1) is 8.22. The van der Waals surface area contributed by atoms with Crippen molar-refractivity contribution < 1.29 is 9.53 Å². The number of esters is 1. The lowest BCUT2D eigenvalue weighted by molar-refractivity contribution is -0.0246. The van der Waals surface area contributed by atoms with Gasteiger partial charge in [-0.25, -0.2) is 4.79 Å². The third-order valence-electron chi connectivity index (χ3n) is 3.32. The van der Waals surface area contributed by atoms with E-state index in [1.807, 2.05) is 6.07 Å². The molecule has 2 aliphatic heterocycles. The zero-order valence-electron chi connectivity index (χ0n) is 10.0. The number of carbonyl (C=O) groups is 1. The van der Waals surface area contributed by atoms with Gasteiger partial charge in [0, 0.05) is 25.2 Å². The zero-order valence-corrected chi connectivity index (χ0v) is 10.0. The Balaban J connectivity index is 0.000000134. The fourth-order valence-electron chi connectivity index (χ4n) is 2.12. The predicted octanol–water partition coefficient (Wildman–Crippen LogP) is 0.875. The molecule has 1 aromatic rings. The number of ether oxygens (including phenoxy) is 1. The molecule has 0 aromatic heterocycles. The van der Waals surface area contributed by atoms with Crippen molar-refractivity contribution >= 4 is 5.97 Å². The SMILES string of the molecule is COC(=O)c1ccccc1.NC1CN2CCC12. The number of nitrogens with zero attached hydrogens (tertiary/aromatic N) is 1. The van der Waals surface area contributed by atoms with E-state index < -0.39 is 0 Å². The normalized spacial score (nSPS) is 25.5. The summed E-state index contributed by atoms with van der Waals surface area (Å²) in [6.45, 7) is 2.46. The molecule has 1 aromatic carbocycles. The number of rotatable bonds is 1. The van der Waals surface area contributed by atoms with E-state index in [4.69, 9.17) is 5.73 Å². The molecule has 0 spiro atoms. The highest BCUT2D eigenvalue weighted by atomic mass is 16.5. The molecule has 2 N–H and O–H groups in total. The Labute approximate surface area is 101 Å². The minimum absolute atomic E-state index is 0.291. The number of nitrogens with two attached hydrogens (primary N) is 1. The Bertz CT molecular complexity index is 376. The van der Waals surface area contributed by atoms with Crippen LogP contribution in [-0.2, 0) is 4.74 Å². The van der Waals surface area contributed by atoms with Gasteiger partial charge in [-0.2, -0.15) is 0 Å². The topological polar surface area (TPSA) is 55.6 Å². The summed E-state index contributed by atoms with van der Waals surface area (Å²) in [7, 11) is 1.37. The van der Waals surface area contributed by atoms with Gasteiger partial charge in [0.05, 0.1) is 12.7 Å². The van der Waals surface area contributed by atoms with E-state index in [0.717, 1.165) is 12.6 Å². The summed E-state index contributed by atoms with van der Waals surface area (Å²) in [5.74, 6) is -0.291. The molecule has 3 rings (SSSR count). The Hall–Kier alpha value is -1.39. The molecule has 0 bridgehead atoms. The van der Waals surface area contributed by atoms with Crippen molar-refractivity contribution in [2.45, 2.75) is 18.5 Å². The minimum Gasteiger partial charge on any atom is -0.465 e. The fourth-order valence-corrected chi connectivity index (χ4v) is 2.12. The molecule has 0 saturated carbocycles. The van der Waals surface area contributed by atoms with Gasteiger partial charge >= 0.3 is 5.97 Å². The van der Waals surface area contributed by atoms with Gasteiger partial charge in [-0.1, -0.05) is 18.2 Å². The highest BCUT2D eigenvalue weighted by Crippen LogP contribution is 2.28. The number of hydrogen-bond donors (Lipinski definition) is 1. The Morgan fingerprint density at radius 2 is 2.12 bits per heavy atom. The van der Waals surface area contributed by atoms with E-state index in [1.54, 1.807) is 24.3 Å². The molecule has 4 nitrogen and oxygen atoms in total. The van der Waals surface area contributed by atoms with E-state index in [-0.39, 0.29) is 5.97 Å². The van der Waals surface area contributed by atoms with Gasteiger partial charge in [-0.3, -0.25) is 4.90 Å². The van der Waals surface area contributed by atoms with Gasteiger partial charge in [-0.05, 0) is 18.6 Å². The van der Waals surface area contributed by atoms with E-state index >= 15 is 0 Å². The van der Waals surface area contributed by atoms with E-state index in [0.29, 0.717) is 11.6 Å². The van der Waals surface area contributed by atoms with Gasteiger partial charge < -0.3 is 10.5 Å². The smallest absolute Gasteiger partial charge is 0.337 e. The fraction of sp³-hybridized carbons (Fsp3) is 0.462. The summed E-state index contributed by atoms with van der Waals surface area (Å²) >= 11 is 0. The second-order valence-electron chi connectivity index (χ2n) is 4.37. The molecule has 92 valence electrons. The third-order valence-corrected chi connectivity index (χ3v) is 3.32. The summed E-state index contributed by atoms with van der Waals surface area (Å²) < 4.78 is 4.50. The van der Waals surface area contributed by atoms with E-state index in [9.17, 15) is 4.79 Å². The quantitative estimate of drug-likeness (QED) is 0.733. The van der Waals surface area contributed by atoms with Crippen LogP contribution in [0.5, 0.6) is 0 Å². The Morgan fingerprint density at radius 1 is 1.41 bits per heavy atom. The van der Waals surface area contributed by atoms with Crippen molar-refractivity contribution in [1.82, 2.24) is 4.90 Å². The molecule has 2 unspecified atom stereocenters.